The molecule has 1 amide bonds. The normalized spacial score (nSPS) is 12.2. The number of carbonyl (C=O) groups excluding carboxylic acids is 1. The molecule has 106 valence electrons. The van der Waals surface area contributed by atoms with Gasteiger partial charge in [-0.05, 0) is 31.5 Å². The van der Waals surface area contributed by atoms with Crippen molar-refractivity contribution in [1.82, 2.24) is 15.1 Å². The monoisotopic (exact) mass is 275 g/mol. The maximum atomic E-state index is 13.1. The van der Waals surface area contributed by atoms with Crippen molar-refractivity contribution in [3.05, 3.63) is 53.1 Å². The number of halogens is 1. The van der Waals surface area contributed by atoms with Gasteiger partial charge in [0.15, 0.2) is 0 Å². The first-order valence-corrected chi connectivity index (χ1v) is 6.49. The number of aromatic nitrogens is 2. The highest BCUT2D eigenvalue weighted by Crippen LogP contribution is 2.16. The molecule has 5 heteroatoms. The van der Waals surface area contributed by atoms with Crippen LogP contribution in [0.15, 0.2) is 30.5 Å². The van der Waals surface area contributed by atoms with E-state index in [9.17, 15) is 9.18 Å². The van der Waals surface area contributed by atoms with Gasteiger partial charge in [0.05, 0.1) is 18.7 Å². The smallest absolute Gasteiger partial charge is 0.224 e. The van der Waals surface area contributed by atoms with E-state index < -0.39 is 0 Å². The van der Waals surface area contributed by atoms with E-state index in [0.29, 0.717) is 5.56 Å². The molecule has 2 aromatic rings. The van der Waals surface area contributed by atoms with Gasteiger partial charge in [-0.2, -0.15) is 5.10 Å². The molecule has 0 unspecified atom stereocenters. The fraction of sp³-hybridized carbons (Fsp3) is 0.333. The van der Waals surface area contributed by atoms with Crippen LogP contribution in [0.1, 0.15) is 29.8 Å². The van der Waals surface area contributed by atoms with Crippen molar-refractivity contribution < 1.29 is 9.18 Å². The van der Waals surface area contributed by atoms with Crippen molar-refractivity contribution in [3.8, 4) is 0 Å². The highest BCUT2D eigenvalue weighted by atomic mass is 19.1. The molecule has 2 rings (SSSR count). The van der Waals surface area contributed by atoms with E-state index in [1.807, 2.05) is 20.9 Å². The van der Waals surface area contributed by atoms with Gasteiger partial charge in [0.2, 0.25) is 5.91 Å². The van der Waals surface area contributed by atoms with Gasteiger partial charge in [-0.1, -0.05) is 12.1 Å². The zero-order valence-corrected chi connectivity index (χ0v) is 11.9. The maximum Gasteiger partial charge on any atom is 0.224 e. The van der Waals surface area contributed by atoms with E-state index >= 15 is 0 Å². The number of hydrogen-bond donors (Lipinski definition) is 1. The lowest BCUT2D eigenvalue weighted by molar-refractivity contribution is -0.121. The molecule has 0 aliphatic rings. The lowest BCUT2D eigenvalue weighted by atomic mass is 10.1. The SMILES string of the molecule is Cc1c([C@@H](C)NC(=O)Cc2cccc(F)c2)cnn1C. The van der Waals surface area contributed by atoms with E-state index in [4.69, 9.17) is 0 Å². The summed E-state index contributed by atoms with van der Waals surface area (Å²) in [7, 11) is 1.86. The largest absolute Gasteiger partial charge is 0.349 e. The van der Waals surface area contributed by atoms with Gasteiger partial charge in [-0.3, -0.25) is 9.48 Å². The molecule has 1 heterocycles. The number of carbonyl (C=O) groups is 1. The van der Waals surface area contributed by atoms with E-state index in [1.54, 1.807) is 23.0 Å². The van der Waals surface area contributed by atoms with E-state index in [-0.39, 0.29) is 24.2 Å². The quantitative estimate of drug-likeness (QED) is 0.930. The Balaban J connectivity index is 1.99. The Labute approximate surface area is 117 Å². The average Bonchev–Trinajstić information content (AvgIpc) is 2.69. The molecule has 0 radical (unpaired) electrons. The van der Waals surface area contributed by atoms with Gasteiger partial charge >= 0.3 is 0 Å². The molecule has 20 heavy (non-hydrogen) atoms. The average molecular weight is 275 g/mol. The number of benzene rings is 1. The van der Waals surface area contributed by atoms with Crippen molar-refractivity contribution >= 4 is 5.91 Å². The molecule has 1 aromatic heterocycles. The summed E-state index contributed by atoms with van der Waals surface area (Å²) >= 11 is 0. The number of aryl methyl sites for hydroxylation is 1. The van der Waals surface area contributed by atoms with Crippen LogP contribution in [0.4, 0.5) is 4.39 Å². The Morgan fingerprint density at radius 2 is 2.25 bits per heavy atom. The number of rotatable bonds is 4. The summed E-state index contributed by atoms with van der Waals surface area (Å²) in [5.74, 6) is -0.460. The van der Waals surface area contributed by atoms with Gasteiger partial charge in [-0.25, -0.2) is 4.39 Å². The third-order valence-electron chi connectivity index (χ3n) is 3.37. The number of amides is 1. The van der Waals surface area contributed by atoms with Crippen molar-refractivity contribution in [2.24, 2.45) is 7.05 Å². The zero-order valence-electron chi connectivity index (χ0n) is 11.9. The molecule has 0 fully saturated rings. The molecule has 0 aliphatic heterocycles. The second-order valence-electron chi connectivity index (χ2n) is 4.90. The van der Waals surface area contributed by atoms with Gasteiger partial charge in [0.1, 0.15) is 5.82 Å². The Bertz CT molecular complexity index is 621. The van der Waals surface area contributed by atoms with Gasteiger partial charge in [-0.15, -0.1) is 0 Å². The molecule has 1 N–H and O–H groups in total. The Morgan fingerprint density at radius 3 is 2.85 bits per heavy atom. The summed E-state index contributed by atoms with van der Waals surface area (Å²) in [6.45, 7) is 3.87. The third-order valence-corrected chi connectivity index (χ3v) is 3.37. The van der Waals surface area contributed by atoms with Crippen LogP contribution in [0.3, 0.4) is 0 Å². The molecular formula is C15H18FN3O. The van der Waals surface area contributed by atoms with Crippen LogP contribution in [-0.2, 0) is 18.3 Å². The molecule has 0 bridgehead atoms. The molecule has 0 saturated heterocycles. The van der Waals surface area contributed by atoms with Gasteiger partial charge < -0.3 is 5.32 Å². The topological polar surface area (TPSA) is 46.9 Å². The summed E-state index contributed by atoms with van der Waals surface area (Å²) in [6.07, 6.45) is 1.92. The predicted octanol–water partition coefficient (Wildman–Crippen LogP) is 2.29. The minimum atomic E-state index is -0.327. The Kier molecular flexibility index (Phi) is 4.17. The lowest BCUT2D eigenvalue weighted by Gasteiger charge is -2.13. The second kappa shape index (κ2) is 5.86. The molecule has 0 saturated carbocycles. The van der Waals surface area contributed by atoms with Crippen molar-refractivity contribution in [3.63, 3.8) is 0 Å². The number of nitrogens with one attached hydrogen (secondary N) is 1. The Hall–Kier alpha value is -2.17. The third kappa shape index (κ3) is 3.23. The molecule has 4 nitrogen and oxygen atoms in total. The number of nitrogens with zero attached hydrogens (tertiary/aromatic N) is 2. The van der Waals surface area contributed by atoms with E-state index in [0.717, 1.165) is 11.3 Å². The van der Waals surface area contributed by atoms with Crippen LogP contribution in [-0.4, -0.2) is 15.7 Å². The standard InChI is InChI=1S/C15H18FN3O/c1-10(14-9-17-19(3)11(14)2)18-15(20)8-12-5-4-6-13(16)7-12/h4-7,9-10H,8H2,1-3H3,(H,18,20)/t10-/m1/s1. The zero-order chi connectivity index (χ0) is 14.7. The van der Waals surface area contributed by atoms with Crippen molar-refractivity contribution in [1.29, 1.82) is 0 Å². The molecule has 1 atom stereocenters. The summed E-state index contributed by atoms with van der Waals surface area (Å²) < 4.78 is 14.8. The van der Waals surface area contributed by atoms with Crippen LogP contribution in [0.2, 0.25) is 0 Å². The minimum Gasteiger partial charge on any atom is -0.349 e. The van der Waals surface area contributed by atoms with Crippen molar-refractivity contribution in [2.45, 2.75) is 26.3 Å². The second-order valence-corrected chi connectivity index (χ2v) is 4.90. The predicted molar refractivity (Wildman–Crippen MR) is 74.6 cm³/mol. The molecule has 0 spiro atoms. The van der Waals surface area contributed by atoms with Crippen LogP contribution < -0.4 is 5.32 Å². The summed E-state index contributed by atoms with van der Waals surface area (Å²) in [5.41, 5.74) is 2.67. The minimum absolute atomic E-state index is 0.121. The number of hydrogen-bond acceptors (Lipinski definition) is 2. The molecule has 0 aliphatic carbocycles. The van der Waals surface area contributed by atoms with E-state index in [2.05, 4.69) is 10.4 Å². The van der Waals surface area contributed by atoms with Crippen LogP contribution in [0.25, 0.3) is 0 Å². The first kappa shape index (κ1) is 14.2. The first-order valence-electron chi connectivity index (χ1n) is 6.49. The fourth-order valence-corrected chi connectivity index (χ4v) is 2.14. The van der Waals surface area contributed by atoms with Crippen LogP contribution in [0.5, 0.6) is 0 Å². The highest BCUT2D eigenvalue weighted by Gasteiger charge is 2.14. The fourth-order valence-electron chi connectivity index (χ4n) is 2.14. The van der Waals surface area contributed by atoms with E-state index in [1.165, 1.54) is 12.1 Å². The summed E-state index contributed by atoms with van der Waals surface area (Å²) in [6, 6.07) is 5.96. The van der Waals surface area contributed by atoms with Gasteiger partial charge in [0, 0.05) is 18.3 Å². The first-order chi connectivity index (χ1) is 9.47. The maximum absolute atomic E-state index is 13.1. The Morgan fingerprint density at radius 1 is 1.50 bits per heavy atom. The summed E-state index contributed by atoms with van der Waals surface area (Å²) in [5, 5.41) is 7.06. The van der Waals surface area contributed by atoms with Gasteiger partial charge in [0.25, 0.3) is 0 Å². The molecule has 1 aromatic carbocycles. The van der Waals surface area contributed by atoms with Crippen LogP contribution in [0, 0.1) is 12.7 Å². The molecular weight excluding hydrogens is 257 g/mol. The van der Waals surface area contributed by atoms with Crippen molar-refractivity contribution in [2.75, 3.05) is 0 Å². The lowest BCUT2D eigenvalue weighted by Crippen LogP contribution is -2.28. The summed E-state index contributed by atoms with van der Waals surface area (Å²) in [4.78, 5) is 12.0. The van der Waals surface area contributed by atoms with Crippen LogP contribution >= 0.6 is 0 Å². The highest BCUT2D eigenvalue weighted by molar-refractivity contribution is 5.79.